The molecule has 1 atom stereocenters. The maximum atomic E-state index is 13.3. The Morgan fingerprint density at radius 3 is 2.50 bits per heavy atom. The van der Waals surface area contributed by atoms with Crippen LogP contribution >= 0.6 is 11.3 Å². The van der Waals surface area contributed by atoms with E-state index in [2.05, 4.69) is 39.5 Å². The van der Waals surface area contributed by atoms with Crippen LogP contribution in [-0.4, -0.2) is 34.1 Å². The van der Waals surface area contributed by atoms with Gasteiger partial charge >= 0.3 is 0 Å². The summed E-state index contributed by atoms with van der Waals surface area (Å²) in [6.07, 6.45) is 8.54. The van der Waals surface area contributed by atoms with E-state index in [0.717, 1.165) is 42.4 Å². The van der Waals surface area contributed by atoms with Crippen LogP contribution in [-0.2, 0) is 4.79 Å². The van der Waals surface area contributed by atoms with Gasteiger partial charge in [-0.1, -0.05) is 67.9 Å². The van der Waals surface area contributed by atoms with Gasteiger partial charge in [0.1, 0.15) is 11.0 Å². The van der Waals surface area contributed by atoms with E-state index >= 15 is 0 Å². The first-order chi connectivity index (χ1) is 13.7. The molecular weight excluding hydrogens is 368 g/mol. The molecule has 1 aliphatic carbocycles. The van der Waals surface area contributed by atoms with E-state index in [1.807, 2.05) is 18.2 Å². The van der Waals surface area contributed by atoms with Gasteiger partial charge in [-0.2, -0.15) is 0 Å². The largest absolute Gasteiger partial charge is 0.299 e. The van der Waals surface area contributed by atoms with Crippen molar-refractivity contribution in [3.8, 4) is 0 Å². The van der Waals surface area contributed by atoms with Gasteiger partial charge in [-0.05, 0) is 50.3 Å². The summed E-state index contributed by atoms with van der Waals surface area (Å²) in [5.41, 5.74) is 1.05. The van der Waals surface area contributed by atoms with Crippen molar-refractivity contribution in [2.75, 3.05) is 18.4 Å². The van der Waals surface area contributed by atoms with Crippen LogP contribution in [0.1, 0.15) is 74.4 Å². The normalized spacial score (nSPS) is 20.8. The zero-order chi connectivity index (χ0) is 19.3. The van der Waals surface area contributed by atoms with Crippen LogP contribution in [0.3, 0.4) is 0 Å². The Balaban J connectivity index is 1.48. The standard InChI is InChI=1S/C22H30N4OS/c1-16-12-14-26(15-13-16)19(17-8-4-2-5-9-17)20(27)23-22-25-24-21(28-22)18-10-6-3-7-11-18/h2,4-5,8-9,16,18-19H,3,6-7,10-15H2,1H3,(H,23,25,27). The molecule has 1 saturated heterocycles. The van der Waals surface area contributed by atoms with Crippen molar-refractivity contribution in [2.45, 2.75) is 63.8 Å². The SMILES string of the molecule is CC1CCN(C(C(=O)Nc2nnc(C3CCCCC3)s2)c2ccccc2)CC1. The number of amides is 1. The molecule has 150 valence electrons. The fourth-order valence-electron chi connectivity index (χ4n) is 4.42. The number of carbonyl (C=O) groups is 1. The van der Waals surface area contributed by atoms with Crippen LogP contribution in [0.15, 0.2) is 30.3 Å². The number of rotatable bonds is 5. The van der Waals surface area contributed by atoms with E-state index < -0.39 is 0 Å². The zero-order valence-electron chi connectivity index (χ0n) is 16.6. The quantitative estimate of drug-likeness (QED) is 0.770. The predicted molar refractivity (Wildman–Crippen MR) is 114 cm³/mol. The molecule has 6 heteroatoms. The Labute approximate surface area is 171 Å². The summed E-state index contributed by atoms with van der Waals surface area (Å²) in [4.78, 5) is 15.6. The minimum atomic E-state index is -0.268. The molecule has 2 aromatic rings. The van der Waals surface area contributed by atoms with Crippen molar-refractivity contribution in [1.82, 2.24) is 15.1 Å². The Morgan fingerprint density at radius 2 is 1.79 bits per heavy atom. The van der Waals surface area contributed by atoms with Gasteiger partial charge in [-0.25, -0.2) is 0 Å². The first-order valence-corrected chi connectivity index (χ1v) is 11.5. The van der Waals surface area contributed by atoms with Gasteiger partial charge in [-0.15, -0.1) is 10.2 Å². The second-order valence-electron chi connectivity index (χ2n) is 8.30. The molecule has 1 aromatic carbocycles. The summed E-state index contributed by atoms with van der Waals surface area (Å²) in [6, 6.07) is 9.85. The molecule has 1 aromatic heterocycles. The Morgan fingerprint density at radius 1 is 1.07 bits per heavy atom. The number of piperidine rings is 1. The molecule has 5 nitrogen and oxygen atoms in total. The molecule has 1 N–H and O–H groups in total. The molecule has 0 radical (unpaired) electrons. The highest BCUT2D eigenvalue weighted by Gasteiger charge is 2.31. The van der Waals surface area contributed by atoms with Crippen LogP contribution in [0.4, 0.5) is 5.13 Å². The molecular formula is C22H30N4OS. The Hall–Kier alpha value is -1.79. The molecule has 1 amide bonds. The fraction of sp³-hybridized carbons (Fsp3) is 0.591. The summed E-state index contributed by atoms with van der Waals surface area (Å²) >= 11 is 1.55. The van der Waals surface area contributed by atoms with Gasteiger partial charge in [0.15, 0.2) is 0 Å². The number of likely N-dealkylation sites (tertiary alicyclic amines) is 1. The lowest BCUT2D eigenvalue weighted by molar-refractivity contribution is -0.122. The van der Waals surface area contributed by atoms with Gasteiger partial charge < -0.3 is 0 Å². The summed E-state index contributed by atoms with van der Waals surface area (Å²) < 4.78 is 0. The average Bonchev–Trinajstić information content (AvgIpc) is 3.20. The average molecular weight is 399 g/mol. The molecule has 2 heterocycles. The lowest BCUT2D eigenvalue weighted by Gasteiger charge is -2.35. The van der Waals surface area contributed by atoms with E-state index in [1.165, 1.54) is 32.1 Å². The van der Waals surface area contributed by atoms with Gasteiger partial charge in [0.2, 0.25) is 11.0 Å². The second-order valence-corrected chi connectivity index (χ2v) is 9.31. The fourth-order valence-corrected chi connectivity index (χ4v) is 5.34. The minimum Gasteiger partial charge on any atom is -0.299 e. The third-order valence-corrected chi connectivity index (χ3v) is 7.17. The second kappa shape index (κ2) is 9.14. The number of nitrogens with zero attached hydrogens (tertiary/aromatic N) is 3. The number of aromatic nitrogens is 2. The van der Waals surface area contributed by atoms with Crippen LogP contribution in [0.25, 0.3) is 0 Å². The lowest BCUT2D eigenvalue weighted by atomic mass is 9.90. The van der Waals surface area contributed by atoms with E-state index in [4.69, 9.17) is 0 Å². The molecule has 28 heavy (non-hydrogen) atoms. The number of anilines is 1. The van der Waals surface area contributed by atoms with Crippen molar-refractivity contribution < 1.29 is 4.79 Å². The number of hydrogen-bond acceptors (Lipinski definition) is 5. The number of nitrogens with one attached hydrogen (secondary N) is 1. The highest BCUT2D eigenvalue weighted by Crippen LogP contribution is 2.35. The van der Waals surface area contributed by atoms with E-state index in [9.17, 15) is 4.79 Å². The molecule has 4 rings (SSSR count). The summed E-state index contributed by atoms with van der Waals surface area (Å²) in [6.45, 7) is 4.21. The number of hydrogen-bond donors (Lipinski definition) is 1. The maximum Gasteiger partial charge on any atom is 0.248 e. The molecule has 1 aliphatic heterocycles. The highest BCUT2D eigenvalue weighted by atomic mass is 32.1. The van der Waals surface area contributed by atoms with Crippen molar-refractivity contribution in [3.63, 3.8) is 0 Å². The molecule has 1 saturated carbocycles. The van der Waals surface area contributed by atoms with Crippen LogP contribution in [0.2, 0.25) is 0 Å². The molecule has 1 unspecified atom stereocenters. The first-order valence-electron chi connectivity index (χ1n) is 10.6. The van der Waals surface area contributed by atoms with Gasteiger partial charge in [0, 0.05) is 5.92 Å². The molecule has 0 spiro atoms. The zero-order valence-corrected chi connectivity index (χ0v) is 17.5. The lowest BCUT2D eigenvalue weighted by Crippen LogP contribution is -2.41. The van der Waals surface area contributed by atoms with Gasteiger partial charge in [0.05, 0.1) is 0 Å². The summed E-state index contributed by atoms with van der Waals surface area (Å²) in [7, 11) is 0. The van der Waals surface area contributed by atoms with Crippen molar-refractivity contribution in [3.05, 3.63) is 40.9 Å². The summed E-state index contributed by atoms with van der Waals surface area (Å²) in [5, 5.41) is 13.5. The third kappa shape index (κ3) is 4.61. The van der Waals surface area contributed by atoms with Crippen molar-refractivity contribution in [1.29, 1.82) is 0 Å². The molecule has 0 bridgehead atoms. The van der Waals surface area contributed by atoms with Crippen molar-refractivity contribution in [2.24, 2.45) is 5.92 Å². The predicted octanol–water partition coefficient (Wildman–Crippen LogP) is 5.00. The monoisotopic (exact) mass is 398 g/mol. The smallest absolute Gasteiger partial charge is 0.248 e. The number of carbonyl (C=O) groups excluding carboxylic acids is 1. The van der Waals surface area contributed by atoms with E-state index in [0.29, 0.717) is 11.0 Å². The highest BCUT2D eigenvalue weighted by molar-refractivity contribution is 7.15. The molecule has 2 aliphatic rings. The van der Waals surface area contributed by atoms with E-state index in [1.54, 1.807) is 11.3 Å². The Bertz CT molecular complexity index is 764. The van der Waals surface area contributed by atoms with Crippen molar-refractivity contribution >= 4 is 22.4 Å². The molecule has 2 fully saturated rings. The van der Waals surface area contributed by atoms with Crippen LogP contribution < -0.4 is 5.32 Å². The minimum absolute atomic E-state index is 0.00657. The third-order valence-electron chi connectivity index (χ3n) is 6.17. The summed E-state index contributed by atoms with van der Waals surface area (Å²) in [5.74, 6) is 1.26. The number of benzene rings is 1. The maximum absolute atomic E-state index is 13.3. The van der Waals surface area contributed by atoms with Gasteiger partial charge in [-0.3, -0.25) is 15.0 Å². The topological polar surface area (TPSA) is 58.1 Å². The van der Waals surface area contributed by atoms with E-state index in [-0.39, 0.29) is 11.9 Å². The first kappa shape index (κ1) is 19.5. The van der Waals surface area contributed by atoms with Crippen LogP contribution in [0, 0.1) is 5.92 Å². The van der Waals surface area contributed by atoms with Gasteiger partial charge in [0.25, 0.3) is 0 Å². The van der Waals surface area contributed by atoms with Crippen LogP contribution in [0.5, 0.6) is 0 Å². The Kier molecular flexibility index (Phi) is 6.37.